The number of hydrogen-bond acceptors (Lipinski definition) is 6. The Balaban J connectivity index is 0.921. The molecule has 63 heavy (non-hydrogen) atoms. The smallest absolute Gasteiger partial charge is 0.169 e. The molecule has 4 heterocycles. The van der Waals surface area contributed by atoms with E-state index in [9.17, 15) is 0 Å². The summed E-state index contributed by atoms with van der Waals surface area (Å²) >= 11 is 1.86. The van der Waals surface area contributed by atoms with Crippen molar-refractivity contribution in [1.82, 2.24) is 5.32 Å². The van der Waals surface area contributed by atoms with Gasteiger partial charge >= 0.3 is 0 Å². The highest BCUT2D eigenvalue weighted by molar-refractivity contribution is 7.26. The molecule has 0 fully saturated rings. The zero-order chi connectivity index (χ0) is 41.4. The quantitative estimate of drug-likeness (QED) is 0.182. The van der Waals surface area contributed by atoms with Crippen LogP contribution in [-0.4, -0.2) is 11.7 Å². The van der Waals surface area contributed by atoms with Gasteiger partial charge in [0.15, 0.2) is 6.17 Å². The van der Waals surface area contributed by atoms with Crippen LogP contribution >= 0.6 is 11.3 Å². The average molecular weight is 826 g/mol. The first-order valence-corrected chi connectivity index (χ1v) is 22.0. The minimum absolute atomic E-state index is 0.521. The van der Waals surface area contributed by atoms with Gasteiger partial charge in [0.25, 0.3) is 0 Å². The summed E-state index contributed by atoms with van der Waals surface area (Å²) < 4.78 is 15.8. The maximum Gasteiger partial charge on any atom is 0.169 e. The van der Waals surface area contributed by atoms with Crippen molar-refractivity contribution in [3.8, 4) is 33.4 Å². The van der Waals surface area contributed by atoms with Gasteiger partial charge in [-0.1, -0.05) is 164 Å². The fourth-order valence-corrected chi connectivity index (χ4v) is 10.7. The van der Waals surface area contributed by atoms with Gasteiger partial charge in [0.1, 0.15) is 34.0 Å². The maximum absolute atomic E-state index is 6.72. The number of rotatable bonds is 6. The first kappa shape index (κ1) is 35.7. The van der Waals surface area contributed by atoms with Crippen molar-refractivity contribution in [2.45, 2.75) is 6.17 Å². The van der Waals surface area contributed by atoms with Crippen LogP contribution in [0.3, 0.4) is 0 Å². The molecule has 13 rings (SSSR count). The second-order valence-electron chi connectivity index (χ2n) is 16.0. The lowest BCUT2D eigenvalue weighted by atomic mass is 9.91. The summed E-state index contributed by atoms with van der Waals surface area (Å²) in [7, 11) is 0. The van der Waals surface area contributed by atoms with E-state index in [-0.39, 0.29) is 0 Å². The summed E-state index contributed by atoms with van der Waals surface area (Å²) in [6.07, 6.45) is -0.521. The third kappa shape index (κ3) is 5.83. The Morgan fingerprint density at radius 3 is 1.71 bits per heavy atom. The Kier molecular flexibility index (Phi) is 8.08. The Bertz CT molecular complexity index is 3840. The van der Waals surface area contributed by atoms with Gasteiger partial charge < -0.3 is 14.2 Å². The SMILES string of the molecule is c1ccc(C2=NC(c3ccc4c(c3)oc3cccc(-c5ccccc5-c5cccc6c5sc5ccccc56)c34)N=C(c3ccc4c(c3)oc3cccc(-c5ccccc5)c34)N2)cc1. The predicted molar refractivity (Wildman–Crippen MR) is 262 cm³/mol. The summed E-state index contributed by atoms with van der Waals surface area (Å²) in [4.78, 5) is 10.5. The number of nitrogens with one attached hydrogen (secondary N) is 1. The fourth-order valence-electron chi connectivity index (χ4n) is 9.46. The van der Waals surface area contributed by atoms with Crippen molar-refractivity contribution < 1.29 is 8.83 Å². The van der Waals surface area contributed by atoms with Crippen molar-refractivity contribution >= 4 is 87.1 Å². The number of furan rings is 2. The van der Waals surface area contributed by atoms with E-state index in [0.29, 0.717) is 0 Å². The number of thiophene rings is 1. The van der Waals surface area contributed by atoms with E-state index in [0.717, 1.165) is 88.9 Å². The number of fused-ring (bicyclic) bond motifs is 9. The van der Waals surface area contributed by atoms with Crippen molar-refractivity contribution in [3.63, 3.8) is 0 Å². The van der Waals surface area contributed by atoms with Gasteiger partial charge in [-0.15, -0.1) is 11.3 Å². The molecule has 5 nitrogen and oxygen atoms in total. The van der Waals surface area contributed by atoms with E-state index in [1.165, 1.54) is 36.9 Å². The number of nitrogens with zero attached hydrogens (tertiary/aromatic N) is 2. The van der Waals surface area contributed by atoms with Crippen LogP contribution in [0.5, 0.6) is 0 Å². The van der Waals surface area contributed by atoms with Gasteiger partial charge in [-0.3, -0.25) is 0 Å². The van der Waals surface area contributed by atoms with Crippen LogP contribution < -0.4 is 5.32 Å². The van der Waals surface area contributed by atoms with Gasteiger partial charge in [-0.05, 0) is 64.2 Å². The molecule has 1 atom stereocenters. The monoisotopic (exact) mass is 825 g/mol. The molecule has 1 aliphatic heterocycles. The van der Waals surface area contributed by atoms with Crippen molar-refractivity contribution in [2.24, 2.45) is 9.98 Å². The van der Waals surface area contributed by atoms with Crippen LogP contribution in [0.15, 0.2) is 219 Å². The lowest BCUT2D eigenvalue weighted by Crippen LogP contribution is -2.36. The lowest BCUT2D eigenvalue weighted by molar-refractivity contribution is 0.665. The van der Waals surface area contributed by atoms with Gasteiger partial charge in [-0.2, -0.15) is 0 Å². The molecular formula is C57H35N3O2S. The van der Waals surface area contributed by atoms with E-state index in [4.69, 9.17) is 18.8 Å². The molecule has 296 valence electrons. The van der Waals surface area contributed by atoms with Gasteiger partial charge in [0.2, 0.25) is 0 Å². The first-order chi connectivity index (χ1) is 31.2. The molecule has 0 saturated heterocycles. The van der Waals surface area contributed by atoms with Crippen molar-refractivity contribution in [1.29, 1.82) is 0 Å². The lowest BCUT2D eigenvalue weighted by Gasteiger charge is -2.22. The maximum atomic E-state index is 6.72. The van der Waals surface area contributed by atoms with Crippen LogP contribution in [0, 0.1) is 0 Å². The van der Waals surface area contributed by atoms with E-state index in [1.807, 2.05) is 41.7 Å². The molecular weight excluding hydrogens is 791 g/mol. The van der Waals surface area contributed by atoms with Gasteiger partial charge in [0, 0.05) is 64.0 Å². The topological polar surface area (TPSA) is 63.0 Å². The van der Waals surface area contributed by atoms with Crippen LogP contribution in [0.25, 0.3) is 97.4 Å². The molecule has 6 heteroatoms. The normalized spacial score (nSPS) is 14.2. The largest absolute Gasteiger partial charge is 0.456 e. The third-order valence-corrected chi connectivity index (χ3v) is 13.6. The molecule has 1 unspecified atom stereocenters. The molecule has 9 aromatic carbocycles. The van der Waals surface area contributed by atoms with Crippen LogP contribution in [-0.2, 0) is 0 Å². The highest BCUT2D eigenvalue weighted by atomic mass is 32.1. The summed E-state index contributed by atoms with van der Waals surface area (Å²) in [5.74, 6) is 1.47. The molecule has 3 aromatic heterocycles. The van der Waals surface area contributed by atoms with Crippen LogP contribution in [0.2, 0.25) is 0 Å². The van der Waals surface area contributed by atoms with E-state index in [2.05, 4.69) is 175 Å². The number of amidine groups is 2. The van der Waals surface area contributed by atoms with Crippen molar-refractivity contribution in [3.05, 3.63) is 217 Å². The standard InChI is InChI=1S/C57H35N3O2S/c1-3-14-34(15-4-1)38-21-12-25-47-52(38)45-30-28-36(32-49(45)61-47)56-58-55(35-16-5-2-6-17-35)59-57(60-56)37-29-31-46-50(33-37)62-48-26-13-22-42(53(46)48)39-18-7-8-19-40(39)43-23-11-24-44-41-20-9-10-27-51(41)63-54(43)44/h1-33,57H,(H,58,59,60). The number of aliphatic imine (C=N–C) groups is 2. The Labute approximate surface area is 365 Å². The zero-order valence-electron chi connectivity index (χ0n) is 33.7. The minimum Gasteiger partial charge on any atom is -0.456 e. The molecule has 0 saturated carbocycles. The summed E-state index contributed by atoms with van der Waals surface area (Å²) in [6, 6.07) is 70.2. The Morgan fingerprint density at radius 2 is 0.937 bits per heavy atom. The third-order valence-electron chi connectivity index (χ3n) is 12.4. The Hall–Kier alpha value is -8.06. The molecule has 0 spiro atoms. The number of benzene rings is 9. The predicted octanol–water partition coefficient (Wildman–Crippen LogP) is 15.3. The molecule has 0 aliphatic carbocycles. The van der Waals surface area contributed by atoms with Gasteiger partial charge in [0.05, 0.1) is 0 Å². The van der Waals surface area contributed by atoms with Crippen molar-refractivity contribution in [2.75, 3.05) is 0 Å². The molecule has 1 N–H and O–H groups in total. The minimum atomic E-state index is -0.521. The fraction of sp³-hybridized carbons (Fsp3) is 0.0175. The molecule has 1 aliphatic rings. The molecule has 0 bridgehead atoms. The number of hydrogen-bond donors (Lipinski definition) is 1. The first-order valence-electron chi connectivity index (χ1n) is 21.2. The summed E-state index contributed by atoms with van der Waals surface area (Å²) in [6.45, 7) is 0. The van der Waals surface area contributed by atoms with E-state index >= 15 is 0 Å². The highest BCUT2D eigenvalue weighted by Gasteiger charge is 2.24. The van der Waals surface area contributed by atoms with Gasteiger partial charge in [-0.25, -0.2) is 9.98 Å². The zero-order valence-corrected chi connectivity index (χ0v) is 34.6. The van der Waals surface area contributed by atoms with E-state index in [1.54, 1.807) is 0 Å². The van der Waals surface area contributed by atoms with E-state index < -0.39 is 6.17 Å². The van der Waals surface area contributed by atoms with Crippen LogP contribution in [0.1, 0.15) is 22.9 Å². The second kappa shape index (κ2) is 14.3. The molecule has 0 amide bonds. The molecule has 12 aromatic rings. The van der Waals surface area contributed by atoms with Crippen LogP contribution in [0.4, 0.5) is 0 Å². The highest BCUT2D eigenvalue weighted by Crippen LogP contribution is 2.46. The summed E-state index contributed by atoms with van der Waals surface area (Å²) in [5.41, 5.74) is 13.2. The average Bonchev–Trinajstić information content (AvgIpc) is 4.05. The summed E-state index contributed by atoms with van der Waals surface area (Å²) in [5, 5.41) is 10.5. The molecule has 0 radical (unpaired) electrons. The Morgan fingerprint density at radius 1 is 0.381 bits per heavy atom. The second-order valence-corrected chi connectivity index (χ2v) is 17.1.